The summed E-state index contributed by atoms with van der Waals surface area (Å²) in [4.78, 5) is 26.5. The summed E-state index contributed by atoms with van der Waals surface area (Å²) in [6.07, 6.45) is 5.03. The lowest BCUT2D eigenvalue weighted by atomic mass is 10.1. The number of thioether (sulfide) groups is 1. The minimum Gasteiger partial charge on any atom is -0.490 e. The number of carbonyl (C=O) groups excluding carboxylic acids is 2. The summed E-state index contributed by atoms with van der Waals surface area (Å²) in [7, 11) is 0. The maximum Gasteiger partial charge on any atom is 0.263 e. The van der Waals surface area contributed by atoms with E-state index in [4.69, 9.17) is 21.7 Å². The Labute approximate surface area is 168 Å². The van der Waals surface area contributed by atoms with E-state index in [1.54, 1.807) is 18.2 Å². The summed E-state index contributed by atoms with van der Waals surface area (Å²) in [5.41, 5.74) is 0.801. The molecule has 1 aromatic rings. The van der Waals surface area contributed by atoms with E-state index in [1.807, 2.05) is 17.9 Å². The molecule has 0 unspecified atom stereocenters. The lowest BCUT2D eigenvalue weighted by Crippen LogP contribution is -2.38. The zero-order valence-electron chi connectivity index (χ0n) is 15.2. The molecular formula is C19H22N2O4S2. The summed E-state index contributed by atoms with van der Waals surface area (Å²) >= 11 is 6.23. The number of amides is 2. The second kappa shape index (κ2) is 9.23. The molecular weight excluding hydrogens is 384 g/mol. The molecule has 2 heterocycles. The highest BCUT2D eigenvalue weighted by molar-refractivity contribution is 8.26. The maximum atomic E-state index is 12.3. The number of thiocarbonyl (C=S) groups is 1. The minimum atomic E-state index is -0.199. The largest absolute Gasteiger partial charge is 0.490 e. The quantitative estimate of drug-likeness (QED) is 0.579. The highest BCUT2D eigenvalue weighted by Gasteiger charge is 2.22. The first-order chi connectivity index (χ1) is 13.1. The van der Waals surface area contributed by atoms with Gasteiger partial charge in [0.2, 0.25) is 0 Å². The van der Waals surface area contributed by atoms with Crippen LogP contribution in [0.15, 0.2) is 23.1 Å². The van der Waals surface area contributed by atoms with E-state index in [0.717, 1.165) is 31.5 Å². The van der Waals surface area contributed by atoms with E-state index in [1.165, 1.54) is 18.2 Å². The van der Waals surface area contributed by atoms with E-state index in [9.17, 15) is 9.59 Å². The average molecular weight is 407 g/mol. The summed E-state index contributed by atoms with van der Waals surface area (Å²) in [5.74, 6) is 0.860. The van der Waals surface area contributed by atoms with Crippen LogP contribution in [0.4, 0.5) is 0 Å². The number of nitrogens with zero attached hydrogens (tertiary/aromatic N) is 1. The number of hydrogen-bond acceptors (Lipinski definition) is 6. The molecule has 2 amide bonds. The topological polar surface area (TPSA) is 67.9 Å². The molecule has 2 aliphatic rings. The normalized spacial score (nSPS) is 18.6. The predicted molar refractivity (Wildman–Crippen MR) is 110 cm³/mol. The molecule has 2 fully saturated rings. The number of hydrogen-bond donors (Lipinski definition) is 1. The molecule has 3 rings (SSSR count). The Bertz CT molecular complexity index is 773. The van der Waals surface area contributed by atoms with Crippen molar-refractivity contribution in [1.29, 1.82) is 0 Å². The van der Waals surface area contributed by atoms with Crippen molar-refractivity contribution in [2.75, 3.05) is 26.3 Å². The Morgan fingerprint density at radius 1 is 1.26 bits per heavy atom. The first-order valence-electron chi connectivity index (χ1n) is 8.99. The van der Waals surface area contributed by atoms with Crippen molar-refractivity contribution in [2.24, 2.45) is 0 Å². The number of carbonyl (C=O) groups is 2. The average Bonchev–Trinajstić information content (AvgIpc) is 2.98. The van der Waals surface area contributed by atoms with Crippen LogP contribution in [0.3, 0.4) is 0 Å². The van der Waals surface area contributed by atoms with Crippen molar-refractivity contribution in [3.05, 3.63) is 28.7 Å². The second-order valence-electron chi connectivity index (χ2n) is 6.22. The molecule has 1 N–H and O–H groups in total. The van der Waals surface area contributed by atoms with Gasteiger partial charge in [-0.3, -0.25) is 9.59 Å². The van der Waals surface area contributed by atoms with Gasteiger partial charge in [-0.05, 0) is 50.0 Å². The summed E-state index contributed by atoms with van der Waals surface area (Å²) < 4.78 is 11.8. The smallest absolute Gasteiger partial charge is 0.263 e. The zero-order valence-corrected chi connectivity index (χ0v) is 16.8. The predicted octanol–water partition coefficient (Wildman–Crippen LogP) is 2.97. The summed E-state index contributed by atoms with van der Waals surface area (Å²) in [6.45, 7) is 3.94. The Kier molecular flexibility index (Phi) is 6.73. The standard InChI is InChI=1S/C19H22N2O4S2/c1-2-24-15-10-13(11-16-18(23)20-19(26)27-16)6-7-14(15)25-12-17(22)21-8-4-3-5-9-21/h6-7,10-11H,2-5,8-9,12H2,1H3,(H,20,23,26)/b16-11-. The summed E-state index contributed by atoms with van der Waals surface area (Å²) in [6, 6.07) is 5.38. The molecule has 0 saturated carbocycles. The van der Waals surface area contributed by atoms with Crippen LogP contribution in [0.2, 0.25) is 0 Å². The van der Waals surface area contributed by atoms with Crippen LogP contribution < -0.4 is 14.8 Å². The van der Waals surface area contributed by atoms with Crippen LogP contribution in [-0.4, -0.2) is 47.3 Å². The van der Waals surface area contributed by atoms with Crippen molar-refractivity contribution in [3.8, 4) is 11.5 Å². The fourth-order valence-corrected chi connectivity index (χ4v) is 3.99. The van der Waals surface area contributed by atoms with Crippen LogP contribution >= 0.6 is 24.0 Å². The number of benzene rings is 1. The third-order valence-corrected chi connectivity index (χ3v) is 5.43. The molecule has 2 aliphatic heterocycles. The number of rotatable bonds is 6. The highest BCUT2D eigenvalue weighted by atomic mass is 32.2. The molecule has 2 saturated heterocycles. The SMILES string of the molecule is CCOc1cc(/C=C2\SC(=S)NC2=O)ccc1OCC(=O)N1CCCCC1. The van der Waals surface area contributed by atoms with Crippen molar-refractivity contribution in [2.45, 2.75) is 26.2 Å². The van der Waals surface area contributed by atoms with Crippen LogP contribution in [0.25, 0.3) is 6.08 Å². The number of ether oxygens (including phenoxy) is 2. The third-order valence-electron chi connectivity index (χ3n) is 4.27. The minimum absolute atomic E-state index is 0.00381. The van der Waals surface area contributed by atoms with Crippen LogP contribution in [0, 0.1) is 0 Å². The molecule has 1 aromatic carbocycles. The Balaban J connectivity index is 1.70. The highest BCUT2D eigenvalue weighted by Crippen LogP contribution is 2.32. The number of piperidine rings is 1. The van der Waals surface area contributed by atoms with Gasteiger partial charge in [0.05, 0.1) is 11.5 Å². The van der Waals surface area contributed by atoms with E-state index >= 15 is 0 Å². The van der Waals surface area contributed by atoms with E-state index in [2.05, 4.69) is 5.32 Å². The van der Waals surface area contributed by atoms with Crippen LogP contribution in [0.5, 0.6) is 11.5 Å². The first kappa shape index (κ1) is 19.7. The fourth-order valence-electron chi connectivity index (χ4n) is 2.95. The lowest BCUT2D eigenvalue weighted by molar-refractivity contribution is -0.134. The second-order valence-corrected chi connectivity index (χ2v) is 7.94. The van der Waals surface area contributed by atoms with Gasteiger partial charge in [-0.2, -0.15) is 0 Å². The van der Waals surface area contributed by atoms with E-state index in [-0.39, 0.29) is 18.4 Å². The Morgan fingerprint density at radius 3 is 2.70 bits per heavy atom. The Hall–Kier alpha value is -2.06. The van der Waals surface area contributed by atoms with Crippen LogP contribution in [0.1, 0.15) is 31.7 Å². The van der Waals surface area contributed by atoms with Gasteiger partial charge in [0.25, 0.3) is 11.8 Å². The molecule has 0 bridgehead atoms. The third kappa shape index (κ3) is 5.23. The van der Waals surface area contributed by atoms with E-state index < -0.39 is 0 Å². The van der Waals surface area contributed by atoms with Crippen molar-refractivity contribution in [3.63, 3.8) is 0 Å². The van der Waals surface area contributed by atoms with Gasteiger partial charge in [-0.25, -0.2) is 0 Å². The van der Waals surface area contributed by atoms with E-state index in [0.29, 0.717) is 27.3 Å². The first-order valence-corrected chi connectivity index (χ1v) is 10.2. The van der Waals surface area contributed by atoms with Gasteiger partial charge >= 0.3 is 0 Å². The summed E-state index contributed by atoms with van der Waals surface area (Å²) in [5, 5.41) is 2.59. The molecule has 27 heavy (non-hydrogen) atoms. The van der Waals surface area contributed by atoms with Gasteiger partial charge in [-0.1, -0.05) is 30.0 Å². The van der Waals surface area contributed by atoms with Gasteiger partial charge in [0.15, 0.2) is 18.1 Å². The van der Waals surface area contributed by atoms with Gasteiger partial charge < -0.3 is 19.7 Å². The lowest BCUT2D eigenvalue weighted by Gasteiger charge is -2.26. The fraction of sp³-hybridized carbons (Fsp3) is 0.421. The molecule has 8 heteroatoms. The van der Waals surface area contributed by atoms with Gasteiger partial charge in [0, 0.05) is 13.1 Å². The van der Waals surface area contributed by atoms with Gasteiger partial charge in [0.1, 0.15) is 4.32 Å². The monoisotopic (exact) mass is 406 g/mol. The number of nitrogens with one attached hydrogen (secondary N) is 1. The molecule has 0 aliphatic carbocycles. The van der Waals surface area contributed by atoms with Crippen molar-refractivity contribution >= 4 is 46.2 Å². The van der Waals surface area contributed by atoms with Crippen molar-refractivity contribution < 1.29 is 19.1 Å². The molecule has 0 aromatic heterocycles. The van der Waals surface area contributed by atoms with Crippen LogP contribution in [-0.2, 0) is 9.59 Å². The molecule has 6 nitrogen and oxygen atoms in total. The van der Waals surface area contributed by atoms with Crippen molar-refractivity contribution in [1.82, 2.24) is 10.2 Å². The number of likely N-dealkylation sites (tertiary alicyclic amines) is 1. The molecule has 0 radical (unpaired) electrons. The molecule has 0 atom stereocenters. The molecule has 144 valence electrons. The zero-order chi connectivity index (χ0) is 19.2. The Morgan fingerprint density at radius 2 is 2.04 bits per heavy atom. The molecule has 0 spiro atoms. The maximum absolute atomic E-state index is 12.3. The van der Waals surface area contributed by atoms with Gasteiger partial charge in [-0.15, -0.1) is 0 Å².